The Kier molecular flexibility index (Phi) is 3.12. The van der Waals surface area contributed by atoms with E-state index < -0.39 is 11.7 Å². The molecule has 0 N–H and O–H groups in total. The van der Waals surface area contributed by atoms with Crippen LogP contribution in [-0.4, -0.2) is 32.3 Å². The molecule has 0 radical (unpaired) electrons. The summed E-state index contributed by atoms with van der Waals surface area (Å²) < 4.78 is 0. The molecule has 4 nitrogen and oxygen atoms in total. The van der Waals surface area contributed by atoms with Crippen LogP contribution >= 0.6 is 0 Å². The molecule has 0 aromatic heterocycles. The largest absolute Gasteiger partial charge is 0.374 e. The molecule has 1 aliphatic heterocycles. The molecule has 0 aliphatic carbocycles. The lowest BCUT2D eigenvalue weighted by Gasteiger charge is -2.28. The molecule has 0 spiro atoms. The quantitative estimate of drug-likeness (QED) is 0.766. The summed E-state index contributed by atoms with van der Waals surface area (Å²) in [5, 5.41) is 0. The van der Waals surface area contributed by atoms with Gasteiger partial charge in [0.25, 0.3) is 11.7 Å². The number of nitrogens with zero attached hydrogens (tertiary/aromatic N) is 2. The number of amides is 1. The van der Waals surface area contributed by atoms with Gasteiger partial charge in [0.2, 0.25) is 0 Å². The maximum atomic E-state index is 11.7. The maximum Gasteiger partial charge on any atom is 0.299 e. The SMILES string of the molecule is CN(CC(C)(C)C)c1ccc2c(c1)N(C)C(=O)C2=O. The van der Waals surface area contributed by atoms with Crippen LogP contribution in [0.5, 0.6) is 0 Å². The number of ketones is 1. The van der Waals surface area contributed by atoms with Crippen molar-refractivity contribution in [2.75, 3.05) is 30.4 Å². The molecule has 1 aromatic rings. The third-order valence-corrected chi connectivity index (χ3v) is 3.24. The van der Waals surface area contributed by atoms with Gasteiger partial charge in [0.15, 0.2) is 0 Å². The Bertz CT molecular complexity index is 544. The summed E-state index contributed by atoms with van der Waals surface area (Å²) in [7, 11) is 3.66. The Morgan fingerprint density at radius 3 is 2.42 bits per heavy atom. The summed E-state index contributed by atoms with van der Waals surface area (Å²) >= 11 is 0. The van der Waals surface area contributed by atoms with Crippen molar-refractivity contribution in [3.05, 3.63) is 23.8 Å². The van der Waals surface area contributed by atoms with Crippen molar-refractivity contribution in [2.45, 2.75) is 20.8 Å². The number of rotatable bonds is 2. The van der Waals surface area contributed by atoms with Crippen LogP contribution in [-0.2, 0) is 4.79 Å². The van der Waals surface area contributed by atoms with Crippen LogP contribution in [0.4, 0.5) is 11.4 Å². The molecule has 2 rings (SSSR count). The molecular formula is C15H20N2O2. The molecular weight excluding hydrogens is 240 g/mol. The summed E-state index contributed by atoms with van der Waals surface area (Å²) in [6.45, 7) is 7.43. The third kappa shape index (κ3) is 2.48. The van der Waals surface area contributed by atoms with Crippen LogP contribution in [0.25, 0.3) is 0 Å². The zero-order valence-corrected chi connectivity index (χ0v) is 12.2. The molecule has 0 saturated heterocycles. The highest BCUT2D eigenvalue weighted by atomic mass is 16.2. The van der Waals surface area contributed by atoms with Crippen molar-refractivity contribution in [3.63, 3.8) is 0 Å². The van der Waals surface area contributed by atoms with E-state index >= 15 is 0 Å². The van der Waals surface area contributed by atoms with E-state index in [1.807, 2.05) is 19.2 Å². The van der Waals surface area contributed by atoms with Crippen molar-refractivity contribution in [3.8, 4) is 0 Å². The number of carbonyl (C=O) groups excluding carboxylic acids is 2. The molecule has 4 heteroatoms. The average molecular weight is 260 g/mol. The zero-order chi connectivity index (χ0) is 14.4. The normalized spacial score (nSPS) is 14.9. The van der Waals surface area contributed by atoms with Crippen molar-refractivity contribution < 1.29 is 9.59 Å². The van der Waals surface area contributed by atoms with Gasteiger partial charge >= 0.3 is 0 Å². The summed E-state index contributed by atoms with van der Waals surface area (Å²) in [5.74, 6) is -0.867. The average Bonchev–Trinajstić information content (AvgIpc) is 2.52. The molecule has 0 bridgehead atoms. The second-order valence-corrected chi connectivity index (χ2v) is 6.31. The molecule has 1 heterocycles. The first-order valence-electron chi connectivity index (χ1n) is 6.38. The minimum atomic E-state index is -0.453. The summed E-state index contributed by atoms with van der Waals surface area (Å²) in [4.78, 5) is 26.9. The van der Waals surface area contributed by atoms with Crippen molar-refractivity contribution in [1.82, 2.24) is 0 Å². The molecule has 0 fully saturated rings. The van der Waals surface area contributed by atoms with Crippen LogP contribution in [0.15, 0.2) is 18.2 Å². The smallest absolute Gasteiger partial charge is 0.299 e. The number of fused-ring (bicyclic) bond motifs is 1. The topological polar surface area (TPSA) is 40.6 Å². The predicted octanol–water partition coefficient (Wildman–Crippen LogP) is 2.33. The number of hydrogen-bond acceptors (Lipinski definition) is 3. The Morgan fingerprint density at radius 2 is 1.84 bits per heavy atom. The Hall–Kier alpha value is -1.84. The number of Topliss-reactive ketones (excluding diaryl/α,β-unsaturated/α-hetero) is 1. The molecule has 1 aromatic carbocycles. The van der Waals surface area contributed by atoms with E-state index in [-0.39, 0.29) is 5.41 Å². The predicted molar refractivity (Wildman–Crippen MR) is 76.9 cm³/mol. The van der Waals surface area contributed by atoms with Crippen LogP contribution in [0.1, 0.15) is 31.1 Å². The number of carbonyl (C=O) groups is 2. The van der Waals surface area contributed by atoms with Crippen molar-refractivity contribution >= 4 is 23.1 Å². The van der Waals surface area contributed by atoms with Crippen LogP contribution in [0.2, 0.25) is 0 Å². The molecule has 102 valence electrons. The van der Waals surface area contributed by atoms with Gasteiger partial charge in [0.05, 0.1) is 11.3 Å². The molecule has 0 atom stereocenters. The lowest BCUT2D eigenvalue weighted by molar-refractivity contribution is -0.114. The Morgan fingerprint density at radius 1 is 1.21 bits per heavy atom. The van der Waals surface area contributed by atoms with Gasteiger partial charge in [0, 0.05) is 26.3 Å². The first-order chi connectivity index (χ1) is 8.70. The van der Waals surface area contributed by atoms with E-state index in [1.54, 1.807) is 13.1 Å². The molecule has 19 heavy (non-hydrogen) atoms. The zero-order valence-electron chi connectivity index (χ0n) is 12.2. The highest BCUT2D eigenvalue weighted by Crippen LogP contribution is 2.32. The molecule has 1 amide bonds. The van der Waals surface area contributed by atoms with E-state index in [0.717, 1.165) is 12.2 Å². The number of anilines is 2. The molecule has 1 aliphatic rings. The minimum absolute atomic E-state index is 0.186. The maximum absolute atomic E-state index is 11.7. The fourth-order valence-corrected chi connectivity index (χ4v) is 2.41. The van der Waals surface area contributed by atoms with E-state index in [0.29, 0.717) is 11.3 Å². The van der Waals surface area contributed by atoms with E-state index in [2.05, 4.69) is 25.7 Å². The fraction of sp³-hybridized carbons (Fsp3) is 0.467. The number of benzene rings is 1. The monoisotopic (exact) mass is 260 g/mol. The fourth-order valence-electron chi connectivity index (χ4n) is 2.41. The first-order valence-corrected chi connectivity index (χ1v) is 6.38. The van der Waals surface area contributed by atoms with E-state index in [9.17, 15) is 9.59 Å². The van der Waals surface area contributed by atoms with Crippen molar-refractivity contribution in [2.24, 2.45) is 5.41 Å². The van der Waals surface area contributed by atoms with E-state index in [4.69, 9.17) is 0 Å². The summed E-state index contributed by atoms with van der Waals surface area (Å²) in [6, 6.07) is 5.55. The Labute approximate surface area is 114 Å². The second kappa shape index (κ2) is 4.37. The number of hydrogen-bond donors (Lipinski definition) is 0. The summed E-state index contributed by atoms with van der Waals surface area (Å²) in [6.07, 6.45) is 0. The van der Waals surface area contributed by atoms with Gasteiger partial charge in [-0.3, -0.25) is 9.59 Å². The molecule has 0 unspecified atom stereocenters. The van der Waals surface area contributed by atoms with Crippen molar-refractivity contribution in [1.29, 1.82) is 0 Å². The van der Waals surface area contributed by atoms with Gasteiger partial charge in [-0.05, 0) is 23.6 Å². The second-order valence-electron chi connectivity index (χ2n) is 6.31. The van der Waals surface area contributed by atoms with E-state index in [1.165, 1.54) is 4.90 Å². The highest BCUT2D eigenvalue weighted by molar-refractivity contribution is 6.52. The van der Waals surface area contributed by atoms with Gasteiger partial charge in [-0.15, -0.1) is 0 Å². The molecule has 0 saturated carbocycles. The lowest BCUT2D eigenvalue weighted by atomic mass is 9.96. The third-order valence-electron chi connectivity index (χ3n) is 3.24. The summed E-state index contributed by atoms with van der Waals surface area (Å²) in [5.41, 5.74) is 2.40. The van der Waals surface area contributed by atoms with Crippen LogP contribution in [0.3, 0.4) is 0 Å². The van der Waals surface area contributed by atoms with Gasteiger partial charge in [0.1, 0.15) is 0 Å². The standard InChI is InChI=1S/C15H20N2O2/c1-15(2,3)9-16(4)10-6-7-11-12(8-10)17(5)14(19)13(11)18/h6-8H,9H2,1-5H3. The Balaban J connectivity index is 2.33. The lowest BCUT2D eigenvalue weighted by Crippen LogP contribution is -2.29. The van der Waals surface area contributed by atoms with Crippen LogP contribution < -0.4 is 9.80 Å². The van der Waals surface area contributed by atoms with Gasteiger partial charge in [-0.2, -0.15) is 0 Å². The highest BCUT2D eigenvalue weighted by Gasteiger charge is 2.33. The van der Waals surface area contributed by atoms with Crippen LogP contribution in [0, 0.1) is 5.41 Å². The number of likely N-dealkylation sites (N-methyl/N-ethyl adjacent to an activating group) is 1. The van der Waals surface area contributed by atoms with Gasteiger partial charge < -0.3 is 9.80 Å². The minimum Gasteiger partial charge on any atom is -0.374 e. The van der Waals surface area contributed by atoms with Gasteiger partial charge in [-0.25, -0.2) is 0 Å². The van der Waals surface area contributed by atoms with Gasteiger partial charge in [-0.1, -0.05) is 20.8 Å². The first kappa shape index (κ1) is 13.6.